The smallest absolute Gasteiger partial charge is 0.243 e. The summed E-state index contributed by atoms with van der Waals surface area (Å²) in [6, 6.07) is 4.05. The molecule has 6 heteroatoms. The minimum absolute atomic E-state index is 0.0515. The molecule has 3 heterocycles. The molecule has 28 heavy (non-hydrogen) atoms. The second-order valence-electron chi connectivity index (χ2n) is 6.94. The molecule has 1 amide bonds. The monoisotopic (exact) mass is 374 g/mol. The Balaban J connectivity index is 1.76. The van der Waals surface area contributed by atoms with Crippen LogP contribution in [0, 0.1) is 0 Å². The Morgan fingerprint density at radius 2 is 2.29 bits per heavy atom. The number of carbonyl (C=O) groups excluding carboxylic acids is 1. The van der Waals surface area contributed by atoms with Crippen molar-refractivity contribution in [2.75, 3.05) is 0 Å². The highest BCUT2D eigenvalue weighted by molar-refractivity contribution is 6.01. The average molecular weight is 374 g/mol. The third-order valence-electron chi connectivity index (χ3n) is 5.11. The summed E-state index contributed by atoms with van der Waals surface area (Å²) in [7, 11) is 0. The van der Waals surface area contributed by atoms with Gasteiger partial charge in [-0.15, -0.1) is 0 Å². The van der Waals surface area contributed by atoms with Gasteiger partial charge in [0.25, 0.3) is 0 Å². The number of allylic oxidation sites excluding steroid dienone is 1. The van der Waals surface area contributed by atoms with Crippen LogP contribution in [-0.2, 0) is 11.4 Å². The Kier molecular flexibility index (Phi) is 5.04. The van der Waals surface area contributed by atoms with E-state index in [9.17, 15) is 9.90 Å². The van der Waals surface area contributed by atoms with Crippen LogP contribution in [0.2, 0.25) is 0 Å². The normalized spacial score (nSPS) is 16.6. The van der Waals surface area contributed by atoms with Crippen LogP contribution in [0.15, 0.2) is 55.7 Å². The van der Waals surface area contributed by atoms with Crippen molar-refractivity contribution in [1.82, 2.24) is 20.3 Å². The number of nitrogens with zero attached hydrogens (tertiary/aromatic N) is 2. The fraction of sp³-hybridized carbons (Fsp3) is 0.227. The van der Waals surface area contributed by atoms with Crippen LogP contribution in [0.3, 0.4) is 0 Å². The first-order valence-electron chi connectivity index (χ1n) is 9.33. The van der Waals surface area contributed by atoms with Gasteiger partial charge in [-0.2, -0.15) is 0 Å². The number of pyridine rings is 2. The Morgan fingerprint density at radius 3 is 3.11 bits per heavy atom. The predicted molar refractivity (Wildman–Crippen MR) is 109 cm³/mol. The first kappa shape index (κ1) is 18.1. The fourth-order valence-corrected chi connectivity index (χ4v) is 3.79. The number of fused-ring (bicyclic) bond motifs is 1. The van der Waals surface area contributed by atoms with Gasteiger partial charge < -0.3 is 15.4 Å². The number of rotatable bonds is 5. The molecule has 1 unspecified atom stereocenters. The molecular formula is C22H22N4O2. The van der Waals surface area contributed by atoms with Gasteiger partial charge in [0.05, 0.1) is 6.61 Å². The maximum absolute atomic E-state index is 11.7. The summed E-state index contributed by atoms with van der Waals surface area (Å²) in [6.07, 6.45) is 13.3. The average Bonchev–Trinajstić information content (AvgIpc) is 3.18. The SMILES string of the molecule is C=CC(=O)NC1CCC=C(c2ccnc3[nH]cc(-c4cncc(CO)c4)c23)C1. The minimum atomic E-state index is -0.139. The topological polar surface area (TPSA) is 90.9 Å². The molecule has 0 radical (unpaired) electrons. The number of hydrogen-bond donors (Lipinski definition) is 3. The van der Waals surface area contributed by atoms with Gasteiger partial charge in [0.15, 0.2) is 0 Å². The zero-order valence-corrected chi connectivity index (χ0v) is 15.5. The molecule has 1 aliphatic carbocycles. The zero-order valence-electron chi connectivity index (χ0n) is 15.5. The molecule has 0 bridgehead atoms. The minimum Gasteiger partial charge on any atom is -0.392 e. The molecule has 0 fully saturated rings. The van der Waals surface area contributed by atoms with E-state index in [4.69, 9.17) is 0 Å². The zero-order chi connectivity index (χ0) is 19.5. The van der Waals surface area contributed by atoms with E-state index in [1.807, 2.05) is 18.3 Å². The number of hydrogen-bond acceptors (Lipinski definition) is 4. The summed E-state index contributed by atoms with van der Waals surface area (Å²) in [6.45, 7) is 3.48. The van der Waals surface area contributed by atoms with E-state index in [-0.39, 0.29) is 18.6 Å². The number of aromatic amines is 1. The van der Waals surface area contributed by atoms with Crippen LogP contribution in [-0.4, -0.2) is 32.0 Å². The van der Waals surface area contributed by atoms with Crippen LogP contribution in [0.25, 0.3) is 27.7 Å². The highest BCUT2D eigenvalue weighted by atomic mass is 16.3. The lowest BCUT2D eigenvalue weighted by Gasteiger charge is -2.24. The largest absolute Gasteiger partial charge is 0.392 e. The number of aliphatic hydroxyl groups excluding tert-OH is 1. The Morgan fingerprint density at radius 1 is 1.39 bits per heavy atom. The lowest BCUT2D eigenvalue weighted by atomic mass is 9.88. The first-order valence-corrected chi connectivity index (χ1v) is 9.33. The van der Waals surface area contributed by atoms with E-state index in [1.54, 1.807) is 18.6 Å². The van der Waals surface area contributed by atoms with Crippen LogP contribution in [0.1, 0.15) is 30.4 Å². The standard InChI is InChI=1S/C22H22N4O2/c1-2-20(28)26-17-5-3-4-15(9-17)18-6-7-24-22-21(18)19(12-25-22)16-8-14(13-27)10-23-11-16/h2,4,6-8,10-12,17,27H,1,3,5,9,13H2,(H,24,25)(H,26,28). The van der Waals surface area contributed by atoms with Crippen molar-refractivity contribution in [1.29, 1.82) is 0 Å². The van der Waals surface area contributed by atoms with E-state index < -0.39 is 0 Å². The summed E-state index contributed by atoms with van der Waals surface area (Å²) in [5, 5.41) is 13.5. The number of nitrogens with one attached hydrogen (secondary N) is 2. The molecule has 3 aromatic rings. The molecule has 4 rings (SSSR count). The third kappa shape index (κ3) is 3.46. The lowest BCUT2D eigenvalue weighted by Crippen LogP contribution is -2.34. The van der Waals surface area contributed by atoms with Crippen molar-refractivity contribution in [2.45, 2.75) is 31.9 Å². The third-order valence-corrected chi connectivity index (χ3v) is 5.11. The van der Waals surface area contributed by atoms with E-state index in [1.165, 1.54) is 11.6 Å². The second kappa shape index (κ2) is 7.78. The van der Waals surface area contributed by atoms with Gasteiger partial charge in [0.2, 0.25) is 5.91 Å². The molecule has 0 saturated carbocycles. The summed E-state index contributed by atoms with van der Waals surface area (Å²) in [5.74, 6) is -0.139. The van der Waals surface area contributed by atoms with Crippen LogP contribution < -0.4 is 5.32 Å². The van der Waals surface area contributed by atoms with Gasteiger partial charge in [-0.3, -0.25) is 9.78 Å². The number of aliphatic hydroxyl groups is 1. The van der Waals surface area contributed by atoms with Gasteiger partial charge in [0, 0.05) is 47.3 Å². The molecule has 0 aliphatic heterocycles. The molecular weight excluding hydrogens is 352 g/mol. The van der Waals surface area contributed by atoms with Gasteiger partial charge in [-0.05, 0) is 54.2 Å². The Bertz CT molecular complexity index is 1070. The molecule has 0 saturated heterocycles. The fourth-order valence-electron chi connectivity index (χ4n) is 3.79. The number of carbonyl (C=O) groups is 1. The maximum Gasteiger partial charge on any atom is 0.243 e. The van der Waals surface area contributed by atoms with Crippen LogP contribution in [0.5, 0.6) is 0 Å². The lowest BCUT2D eigenvalue weighted by molar-refractivity contribution is -0.117. The highest BCUT2D eigenvalue weighted by Gasteiger charge is 2.21. The number of aromatic nitrogens is 3. The van der Waals surface area contributed by atoms with Crippen molar-refractivity contribution >= 4 is 22.5 Å². The summed E-state index contributed by atoms with van der Waals surface area (Å²) in [5.41, 5.74) is 5.80. The maximum atomic E-state index is 11.7. The second-order valence-corrected chi connectivity index (χ2v) is 6.94. The van der Waals surface area contributed by atoms with Crippen LogP contribution >= 0.6 is 0 Å². The molecule has 142 valence electrons. The summed E-state index contributed by atoms with van der Waals surface area (Å²) in [4.78, 5) is 23.7. The molecule has 0 spiro atoms. The molecule has 0 aromatic carbocycles. The summed E-state index contributed by atoms with van der Waals surface area (Å²) >= 11 is 0. The van der Waals surface area contributed by atoms with E-state index in [2.05, 4.69) is 32.9 Å². The first-order chi connectivity index (χ1) is 13.7. The number of H-pyrrole nitrogens is 1. The van der Waals surface area contributed by atoms with Crippen LogP contribution in [0.4, 0.5) is 0 Å². The van der Waals surface area contributed by atoms with Gasteiger partial charge >= 0.3 is 0 Å². The van der Waals surface area contributed by atoms with E-state index in [0.717, 1.165) is 52.5 Å². The number of amides is 1. The van der Waals surface area contributed by atoms with Crippen molar-refractivity contribution in [3.63, 3.8) is 0 Å². The Labute approximate surface area is 163 Å². The summed E-state index contributed by atoms with van der Waals surface area (Å²) < 4.78 is 0. The quantitative estimate of drug-likeness (QED) is 0.597. The van der Waals surface area contributed by atoms with Crippen molar-refractivity contribution in [3.8, 4) is 11.1 Å². The predicted octanol–water partition coefficient (Wildman–Crippen LogP) is 3.36. The van der Waals surface area contributed by atoms with Gasteiger partial charge in [0.1, 0.15) is 5.65 Å². The highest BCUT2D eigenvalue weighted by Crippen LogP contribution is 2.36. The van der Waals surface area contributed by atoms with E-state index >= 15 is 0 Å². The van der Waals surface area contributed by atoms with Crippen molar-refractivity contribution in [2.24, 2.45) is 0 Å². The molecule has 3 aromatic heterocycles. The molecule has 3 N–H and O–H groups in total. The Hall–Kier alpha value is -3.25. The molecule has 1 atom stereocenters. The van der Waals surface area contributed by atoms with E-state index in [0.29, 0.717) is 0 Å². The molecule has 6 nitrogen and oxygen atoms in total. The van der Waals surface area contributed by atoms with Gasteiger partial charge in [-0.25, -0.2) is 4.98 Å². The van der Waals surface area contributed by atoms with Crippen molar-refractivity contribution < 1.29 is 9.90 Å². The van der Waals surface area contributed by atoms with Gasteiger partial charge in [-0.1, -0.05) is 12.7 Å². The molecule has 1 aliphatic rings. The van der Waals surface area contributed by atoms with Crippen molar-refractivity contribution in [3.05, 3.63) is 66.8 Å².